The topological polar surface area (TPSA) is 98.7 Å². The predicted octanol–water partition coefficient (Wildman–Crippen LogP) is -1.06. The number of carbonyl (C=O) groups is 2. The van der Waals surface area contributed by atoms with Crippen LogP contribution in [0, 0.1) is 5.92 Å². The van der Waals surface area contributed by atoms with Crippen LogP contribution in [0.2, 0.25) is 0 Å². The Labute approximate surface area is 94.0 Å². The minimum Gasteiger partial charge on any atom is -0.479 e. The van der Waals surface area contributed by atoms with E-state index in [1.54, 1.807) is 0 Å². The van der Waals surface area contributed by atoms with Crippen molar-refractivity contribution in [3.63, 3.8) is 0 Å². The molecule has 16 heavy (non-hydrogen) atoms. The Kier molecular flexibility index (Phi) is 4.70. The van der Waals surface area contributed by atoms with E-state index in [1.165, 1.54) is 0 Å². The summed E-state index contributed by atoms with van der Waals surface area (Å²) in [5.41, 5.74) is 0. The van der Waals surface area contributed by atoms with Crippen LogP contribution in [0.5, 0.6) is 0 Å². The summed E-state index contributed by atoms with van der Waals surface area (Å²) in [6, 6.07) is 0.300. The van der Waals surface area contributed by atoms with Gasteiger partial charge in [0.2, 0.25) is 5.91 Å². The third-order valence-electron chi connectivity index (χ3n) is 2.75. The first kappa shape index (κ1) is 12.9. The van der Waals surface area contributed by atoms with Crippen LogP contribution in [0.15, 0.2) is 0 Å². The van der Waals surface area contributed by atoms with Crippen molar-refractivity contribution in [2.24, 2.45) is 5.92 Å². The lowest BCUT2D eigenvalue weighted by molar-refractivity contribution is -0.146. The van der Waals surface area contributed by atoms with Crippen molar-refractivity contribution in [1.82, 2.24) is 10.6 Å². The summed E-state index contributed by atoms with van der Waals surface area (Å²) in [4.78, 5) is 22.0. The second-order valence-corrected chi connectivity index (χ2v) is 4.18. The van der Waals surface area contributed by atoms with Crippen LogP contribution in [0.3, 0.4) is 0 Å². The van der Waals surface area contributed by atoms with Crippen molar-refractivity contribution in [3.05, 3.63) is 0 Å². The number of hydrogen-bond donors (Lipinski definition) is 4. The number of hydrogen-bond acceptors (Lipinski definition) is 4. The zero-order chi connectivity index (χ0) is 12.1. The van der Waals surface area contributed by atoms with Crippen LogP contribution in [0.4, 0.5) is 0 Å². The second-order valence-electron chi connectivity index (χ2n) is 4.18. The van der Waals surface area contributed by atoms with Gasteiger partial charge in [-0.15, -0.1) is 0 Å². The number of carboxylic acid groups (broad SMARTS) is 1. The summed E-state index contributed by atoms with van der Waals surface area (Å²) < 4.78 is 0. The van der Waals surface area contributed by atoms with Gasteiger partial charge in [0.05, 0.1) is 6.54 Å². The lowest BCUT2D eigenvalue weighted by Gasteiger charge is -2.27. The molecule has 4 N–H and O–H groups in total. The average Bonchev–Trinajstić information content (AvgIpc) is 2.25. The van der Waals surface area contributed by atoms with Crippen LogP contribution in [0.1, 0.15) is 19.8 Å². The molecule has 1 aliphatic heterocycles. The van der Waals surface area contributed by atoms with Crippen molar-refractivity contribution in [2.75, 3.05) is 13.1 Å². The van der Waals surface area contributed by atoms with Crippen LogP contribution in [-0.4, -0.2) is 47.3 Å². The fourth-order valence-corrected chi connectivity index (χ4v) is 1.80. The summed E-state index contributed by atoms with van der Waals surface area (Å²) in [5.74, 6) is -1.58. The molecule has 0 saturated carbocycles. The molecule has 1 heterocycles. The number of rotatable bonds is 4. The molecule has 0 radical (unpaired) electrons. The fourth-order valence-electron chi connectivity index (χ4n) is 1.80. The molecule has 1 amide bonds. The molecule has 0 bridgehead atoms. The molecule has 0 aliphatic carbocycles. The Hall–Kier alpha value is -1.14. The molecule has 1 saturated heterocycles. The highest BCUT2D eigenvalue weighted by Gasteiger charge is 2.25. The van der Waals surface area contributed by atoms with Gasteiger partial charge in [-0.2, -0.15) is 0 Å². The number of nitrogens with one attached hydrogen (secondary N) is 2. The normalized spacial score (nSPS) is 27.1. The SMILES string of the molecule is CC1CC(C(=O)NC[C@H](O)C(=O)O)CCN1. The molecule has 2 unspecified atom stereocenters. The van der Waals surface area contributed by atoms with Crippen LogP contribution in [0.25, 0.3) is 0 Å². The molecule has 0 aromatic carbocycles. The predicted molar refractivity (Wildman–Crippen MR) is 56.8 cm³/mol. The number of carboxylic acids is 1. The van der Waals surface area contributed by atoms with Gasteiger partial charge < -0.3 is 20.8 Å². The first-order valence-corrected chi connectivity index (χ1v) is 5.42. The fraction of sp³-hybridized carbons (Fsp3) is 0.800. The van der Waals surface area contributed by atoms with E-state index in [-0.39, 0.29) is 18.4 Å². The number of carbonyl (C=O) groups excluding carboxylic acids is 1. The van der Waals surface area contributed by atoms with Crippen molar-refractivity contribution in [3.8, 4) is 0 Å². The number of aliphatic hydroxyl groups is 1. The molecule has 0 aromatic rings. The van der Waals surface area contributed by atoms with Gasteiger partial charge in [-0.05, 0) is 26.3 Å². The average molecular weight is 230 g/mol. The molecule has 1 aliphatic rings. The highest BCUT2D eigenvalue weighted by molar-refractivity contribution is 5.80. The lowest BCUT2D eigenvalue weighted by atomic mass is 9.92. The molecular formula is C10H18N2O4. The zero-order valence-corrected chi connectivity index (χ0v) is 9.27. The van der Waals surface area contributed by atoms with Gasteiger partial charge in [-0.3, -0.25) is 4.79 Å². The Morgan fingerprint density at radius 2 is 2.25 bits per heavy atom. The first-order valence-electron chi connectivity index (χ1n) is 5.42. The van der Waals surface area contributed by atoms with Crippen molar-refractivity contribution >= 4 is 11.9 Å². The van der Waals surface area contributed by atoms with Crippen LogP contribution in [-0.2, 0) is 9.59 Å². The highest BCUT2D eigenvalue weighted by Crippen LogP contribution is 2.15. The summed E-state index contributed by atoms with van der Waals surface area (Å²) in [7, 11) is 0. The Morgan fingerprint density at radius 1 is 1.56 bits per heavy atom. The molecular weight excluding hydrogens is 212 g/mol. The number of aliphatic hydroxyl groups excluding tert-OH is 1. The zero-order valence-electron chi connectivity index (χ0n) is 9.27. The van der Waals surface area contributed by atoms with E-state index in [9.17, 15) is 9.59 Å². The third kappa shape index (κ3) is 3.79. The van der Waals surface area contributed by atoms with Crippen molar-refractivity contribution < 1.29 is 19.8 Å². The van der Waals surface area contributed by atoms with E-state index >= 15 is 0 Å². The van der Waals surface area contributed by atoms with Crippen LogP contribution < -0.4 is 10.6 Å². The summed E-state index contributed by atoms with van der Waals surface area (Å²) in [6.07, 6.45) is -0.0305. The molecule has 1 rings (SSSR count). The van der Waals surface area contributed by atoms with E-state index in [2.05, 4.69) is 10.6 Å². The van der Waals surface area contributed by atoms with Gasteiger partial charge in [0.15, 0.2) is 6.10 Å². The molecule has 92 valence electrons. The van der Waals surface area contributed by atoms with Gasteiger partial charge in [-0.25, -0.2) is 4.79 Å². The van der Waals surface area contributed by atoms with Crippen LogP contribution >= 0.6 is 0 Å². The molecule has 0 spiro atoms. The molecule has 6 nitrogen and oxygen atoms in total. The minimum atomic E-state index is -1.52. The molecule has 0 aromatic heterocycles. The monoisotopic (exact) mass is 230 g/mol. The molecule has 6 heteroatoms. The number of aliphatic carboxylic acids is 1. The maximum atomic E-state index is 11.6. The van der Waals surface area contributed by atoms with Crippen molar-refractivity contribution in [1.29, 1.82) is 0 Å². The lowest BCUT2D eigenvalue weighted by Crippen LogP contribution is -2.45. The van der Waals surface area contributed by atoms with E-state index in [4.69, 9.17) is 10.2 Å². The van der Waals surface area contributed by atoms with Gasteiger partial charge in [-0.1, -0.05) is 0 Å². The van der Waals surface area contributed by atoms with Gasteiger partial charge >= 0.3 is 5.97 Å². The van der Waals surface area contributed by atoms with E-state index in [0.29, 0.717) is 6.04 Å². The first-order chi connectivity index (χ1) is 7.50. The molecule has 1 fully saturated rings. The maximum absolute atomic E-state index is 11.6. The van der Waals surface area contributed by atoms with E-state index in [1.807, 2.05) is 6.92 Å². The smallest absolute Gasteiger partial charge is 0.334 e. The summed E-state index contributed by atoms with van der Waals surface area (Å²) >= 11 is 0. The maximum Gasteiger partial charge on any atom is 0.334 e. The third-order valence-corrected chi connectivity index (χ3v) is 2.75. The van der Waals surface area contributed by atoms with Gasteiger partial charge in [0, 0.05) is 12.0 Å². The van der Waals surface area contributed by atoms with E-state index in [0.717, 1.165) is 19.4 Å². The van der Waals surface area contributed by atoms with Gasteiger partial charge in [0.1, 0.15) is 0 Å². The number of piperidine rings is 1. The Bertz CT molecular complexity index is 270. The Morgan fingerprint density at radius 3 is 2.81 bits per heavy atom. The largest absolute Gasteiger partial charge is 0.479 e. The van der Waals surface area contributed by atoms with E-state index < -0.39 is 12.1 Å². The minimum absolute atomic E-state index is 0.0859. The second kappa shape index (κ2) is 5.81. The summed E-state index contributed by atoms with van der Waals surface area (Å²) in [5, 5.41) is 23.1. The summed E-state index contributed by atoms with van der Waals surface area (Å²) in [6.45, 7) is 2.57. The van der Waals surface area contributed by atoms with Crippen molar-refractivity contribution in [2.45, 2.75) is 31.9 Å². The standard InChI is InChI=1S/C10H18N2O4/c1-6-4-7(2-3-11-6)9(14)12-5-8(13)10(15)16/h6-8,11,13H,2-5H2,1H3,(H,12,14)(H,15,16)/t6?,7?,8-/m0/s1. The molecule has 3 atom stereocenters. The number of amides is 1. The highest BCUT2D eigenvalue weighted by atomic mass is 16.4. The Balaban J connectivity index is 2.31. The quantitative estimate of drug-likeness (QED) is 0.493. The van der Waals surface area contributed by atoms with Gasteiger partial charge in [0.25, 0.3) is 0 Å².